The van der Waals surface area contributed by atoms with Crippen LogP contribution in [0.2, 0.25) is 5.02 Å². The van der Waals surface area contributed by atoms with E-state index in [1.165, 1.54) is 0 Å². The second-order valence-corrected chi connectivity index (χ2v) is 6.46. The number of anilines is 2. The van der Waals surface area contributed by atoms with Gasteiger partial charge in [-0.05, 0) is 67.8 Å². The molecule has 0 unspecified atom stereocenters. The number of piperidine rings is 1. The maximum absolute atomic E-state index is 12.1. The highest BCUT2D eigenvalue weighted by atomic mass is 35.5. The van der Waals surface area contributed by atoms with E-state index in [2.05, 4.69) is 10.6 Å². The maximum Gasteiger partial charge on any atom is 0.415 e. The van der Waals surface area contributed by atoms with Crippen molar-refractivity contribution in [1.82, 2.24) is 4.90 Å². The van der Waals surface area contributed by atoms with E-state index in [9.17, 15) is 9.59 Å². The molecule has 1 aliphatic rings. The molecule has 26 heavy (non-hydrogen) atoms. The molecule has 1 aliphatic heterocycles. The van der Waals surface area contributed by atoms with E-state index in [4.69, 9.17) is 16.3 Å². The summed E-state index contributed by atoms with van der Waals surface area (Å²) in [6, 6.07) is 13.1. The lowest BCUT2D eigenvalue weighted by Crippen LogP contribution is -2.37. The van der Waals surface area contributed by atoms with Gasteiger partial charge in [0.25, 0.3) is 0 Å². The molecular weight excluding hydrogens is 354 g/mol. The monoisotopic (exact) mass is 373 g/mol. The summed E-state index contributed by atoms with van der Waals surface area (Å²) in [5.74, 6) is 0.448. The van der Waals surface area contributed by atoms with E-state index in [1.54, 1.807) is 53.4 Å². The number of nitrogens with one attached hydrogen (secondary N) is 2. The number of amides is 3. The van der Waals surface area contributed by atoms with Gasteiger partial charge >= 0.3 is 12.1 Å². The lowest BCUT2D eigenvalue weighted by molar-refractivity contribution is 0.142. The van der Waals surface area contributed by atoms with Crippen molar-refractivity contribution in [2.24, 2.45) is 0 Å². The van der Waals surface area contributed by atoms with E-state index in [0.717, 1.165) is 32.4 Å². The van der Waals surface area contributed by atoms with Crippen LogP contribution in [0.25, 0.3) is 0 Å². The fourth-order valence-electron chi connectivity index (χ4n) is 2.67. The molecule has 6 nitrogen and oxygen atoms in total. The molecule has 0 aliphatic carbocycles. The lowest BCUT2D eigenvalue weighted by atomic mass is 10.1. The van der Waals surface area contributed by atoms with Crippen LogP contribution in [0.15, 0.2) is 48.5 Å². The molecule has 2 aromatic carbocycles. The highest BCUT2D eigenvalue weighted by molar-refractivity contribution is 6.30. The second kappa shape index (κ2) is 8.58. The predicted octanol–water partition coefficient (Wildman–Crippen LogP) is 4.97. The molecule has 0 saturated carbocycles. The zero-order valence-electron chi connectivity index (χ0n) is 14.2. The first-order valence-corrected chi connectivity index (χ1v) is 8.88. The summed E-state index contributed by atoms with van der Waals surface area (Å²) in [6.07, 6.45) is 2.86. The molecule has 3 rings (SSSR count). The van der Waals surface area contributed by atoms with E-state index < -0.39 is 0 Å². The molecule has 0 spiro atoms. The number of carbonyl (C=O) groups is 2. The van der Waals surface area contributed by atoms with Gasteiger partial charge in [-0.25, -0.2) is 9.59 Å². The van der Waals surface area contributed by atoms with Crippen LogP contribution in [0.4, 0.5) is 21.0 Å². The summed E-state index contributed by atoms with van der Waals surface area (Å²) in [7, 11) is 0. The minimum absolute atomic E-state index is 0.328. The summed E-state index contributed by atoms with van der Waals surface area (Å²) < 4.78 is 5.37. The van der Waals surface area contributed by atoms with E-state index in [-0.39, 0.29) is 12.1 Å². The number of ether oxygens (including phenoxy) is 1. The van der Waals surface area contributed by atoms with Crippen LogP contribution in [0, 0.1) is 0 Å². The topological polar surface area (TPSA) is 70.7 Å². The van der Waals surface area contributed by atoms with Crippen molar-refractivity contribution in [2.45, 2.75) is 19.3 Å². The van der Waals surface area contributed by atoms with Crippen molar-refractivity contribution in [1.29, 1.82) is 0 Å². The molecule has 1 saturated heterocycles. The van der Waals surface area contributed by atoms with Gasteiger partial charge in [0, 0.05) is 29.5 Å². The summed E-state index contributed by atoms with van der Waals surface area (Å²) in [5.41, 5.74) is 1.23. The van der Waals surface area contributed by atoms with Crippen LogP contribution in [-0.4, -0.2) is 30.1 Å². The Morgan fingerprint density at radius 3 is 1.96 bits per heavy atom. The van der Waals surface area contributed by atoms with Crippen molar-refractivity contribution in [2.75, 3.05) is 23.7 Å². The number of rotatable bonds is 3. The minimum atomic E-state index is -0.370. The summed E-state index contributed by atoms with van der Waals surface area (Å²) in [5, 5.41) is 6.02. The summed E-state index contributed by atoms with van der Waals surface area (Å²) >= 11 is 5.81. The zero-order chi connectivity index (χ0) is 18.4. The molecule has 0 bridgehead atoms. The first kappa shape index (κ1) is 18.1. The molecule has 1 heterocycles. The third kappa shape index (κ3) is 5.13. The molecule has 3 amide bonds. The molecule has 0 aromatic heterocycles. The van der Waals surface area contributed by atoms with Crippen molar-refractivity contribution in [3.63, 3.8) is 0 Å². The Labute approximate surface area is 157 Å². The van der Waals surface area contributed by atoms with Gasteiger partial charge in [0.2, 0.25) is 0 Å². The second-order valence-electron chi connectivity index (χ2n) is 6.03. The number of urea groups is 1. The molecule has 7 heteroatoms. The number of carbonyl (C=O) groups excluding carboxylic acids is 2. The fraction of sp³-hybridized carbons (Fsp3) is 0.263. The Morgan fingerprint density at radius 1 is 0.846 bits per heavy atom. The zero-order valence-corrected chi connectivity index (χ0v) is 15.0. The van der Waals surface area contributed by atoms with Gasteiger partial charge < -0.3 is 20.3 Å². The van der Waals surface area contributed by atoms with E-state index >= 15 is 0 Å². The number of halogens is 1. The summed E-state index contributed by atoms with van der Waals surface area (Å²) in [6.45, 7) is 1.48. The molecule has 1 fully saturated rings. The van der Waals surface area contributed by atoms with Crippen LogP contribution in [0.5, 0.6) is 5.75 Å². The highest BCUT2D eigenvalue weighted by Gasteiger charge is 2.18. The standard InChI is InChI=1S/C19H20ClN3O3/c20-14-4-6-15(7-5-14)21-18(24)22-16-8-10-17(11-9-16)26-19(25)23-12-2-1-3-13-23/h4-11H,1-3,12-13H2,(H2,21,22,24). The molecular formula is C19H20ClN3O3. The van der Waals surface area contributed by atoms with Crippen molar-refractivity contribution in [3.05, 3.63) is 53.6 Å². The highest BCUT2D eigenvalue weighted by Crippen LogP contribution is 2.19. The van der Waals surface area contributed by atoms with Crippen LogP contribution in [-0.2, 0) is 0 Å². The van der Waals surface area contributed by atoms with Crippen molar-refractivity contribution in [3.8, 4) is 5.75 Å². The number of benzene rings is 2. The fourth-order valence-corrected chi connectivity index (χ4v) is 2.80. The van der Waals surface area contributed by atoms with Gasteiger partial charge in [0.1, 0.15) is 5.75 Å². The number of hydrogen-bond acceptors (Lipinski definition) is 3. The third-order valence-electron chi connectivity index (χ3n) is 4.03. The Bertz CT molecular complexity index is 757. The Morgan fingerprint density at radius 2 is 1.38 bits per heavy atom. The molecule has 2 aromatic rings. The van der Waals surface area contributed by atoms with Gasteiger partial charge in [-0.15, -0.1) is 0 Å². The minimum Gasteiger partial charge on any atom is -0.410 e. The quantitative estimate of drug-likeness (QED) is 0.798. The van der Waals surface area contributed by atoms with Gasteiger partial charge in [-0.2, -0.15) is 0 Å². The molecule has 0 atom stereocenters. The number of hydrogen-bond donors (Lipinski definition) is 2. The first-order valence-electron chi connectivity index (χ1n) is 8.50. The Balaban J connectivity index is 1.51. The summed E-state index contributed by atoms with van der Waals surface area (Å²) in [4.78, 5) is 25.8. The molecule has 136 valence electrons. The van der Waals surface area contributed by atoms with E-state index in [0.29, 0.717) is 22.1 Å². The van der Waals surface area contributed by atoms with Crippen LogP contribution < -0.4 is 15.4 Å². The Kier molecular flexibility index (Phi) is 5.96. The first-order chi connectivity index (χ1) is 12.6. The number of likely N-dealkylation sites (tertiary alicyclic amines) is 1. The lowest BCUT2D eigenvalue weighted by Gasteiger charge is -2.25. The van der Waals surface area contributed by atoms with Gasteiger partial charge in [-0.3, -0.25) is 0 Å². The van der Waals surface area contributed by atoms with Crippen molar-refractivity contribution < 1.29 is 14.3 Å². The Hall–Kier alpha value is -2.73. The van der Waals surface area contributed by atoms with Crippen LogP contribution in [0.3, 0.4) is 0 Å². The molecule has 2 N–H and O–H groups in total. The largest absolute Gasteiger partial charge is 0.415 e. The molecule has 0 radical (unpaired) electrons. The van der Waals surface area contributed by atoms with Crippen LogP contribution >= 0.6 is 11.6 Å². The average Bonchev–Trinajstić information content (AvgIpc) is 2.66. The third-order valence-corrected chi connectivity index (χ3v) is 4.29. The normalized spacial score (nSPS) is 13.8. The van der Waals surface area contributed by atoms with Crippen LogP contribution in [0.1, 0.15) is 19.3 Å². The van der Waals surface area contributed by atoms with Gasteiger partial charge in [0.15, 0.2) is 0 Å². The smallest absolute Gasteiger partial charge is 0.410 e. The van der Waals surface area contributed by atoms with Gasteiger partial charge in [-0.1, -0.05) is 11.6 Å². The maximum atomic E-state index is 12.1. The van der Waals surface area contributed by atoms with Gasteiger partial charge in [0.05, 0.1) is 0 Å². The van der Waals surface area contributed by atoms with Crippen molar-refractivity contribution >= 4 is 35.1 Å². The number of nitrogens with zero attached hydrogens (tertiary/aromatic N) is 1. The average molecular weight is 374 g/mol. The SMILES string of the molecule is O=C(Nc1ccc(Cl)cc1)Nc1ccc(OC(=O)N2CCCCC2)cc1. The predicted molar refractivity (Wildman–Crippen MR) is 102 cm³/mol. The van der Waals surface area contributed by atoms with E-state index in [1.807, 2.05) is 0 Å².